The van der Waals surface area contributed by atoms with E-state index in [-0.39, 0.29) is 12.1 Å². The van der Waals surface area contributed by atoms with Crippen LogP contribution >= 0.6 is 0 Å². The Kier molecular flexibility index (Phi) is 7.57. The number of hydrogen-bond acceptors (Lipinski definition) is 5. The van der Waals surface area contributed by atoms with Crippen molar-refractivity contribution in [2.24, 2.45) is 0 Å². The Morgan fingerprint density at radius 1 is 1.03 bits per heavy atom. The Morgan fingerprint density at radius 2 is 1.69 bits per heavy atom. The molecule has 1 aliphatic rings. The molecule has 0 unspecified atom stereocenters. The maximum atomic E-state index is 14.3. The SMILES string of the molecule is CN(Cc1ccc(F)cc1)C(=O)COC(=O)c1ccc(F)c(S(=O)(=O)N2CCCCC2)c1. The first kappa shape index (κ1) is 23.8. The second-order valence-corrected chi connectivity index (χ2v) is 9.47. The second-order valence-electron chi connectivity index (χ2n) is 7.56. The molecule has 0 saturated carbocycles. The summed E-state index contributed by atoms with van der Waals surface area (Å²) in [7, 11) is -2.58. The van der Waals surface area contributed by atoms with Crippen LogP contribution in [0.15, 0.2) is 47.4 Å². The molecular formula is C22H24F2N2O5S. The number of carbonyl (C=O) groups is 2. The smallest absolute Gasteiger partial charge is 0.338 e. The number of carbonyl (C=O) groups excluding carboxylic acids is 2. The van der Waals surface area contributed by atoms with Gasteiger partial charge in [-0.15, -0.1) is 0 Å². The van der Waals surface area contributed by atoms with Crippen LogP contribution in [0.5, 0.6) is 0 Å². The van der Waals surface area contributed by atoms with Crippen LogP contribution in [0.3, 0.4) is 0 Å². The lowest BCUT2D eigenvalue weighted by Crippen LogP contribution is -2.36. The predicted octanol–water partition coefficient (Wildman–Crippen LogP) is 2.95. The summed E-state index contributed by atoms with van der Waals surface area (Å²) in [5.41, 5.74) is 0.524. The number of rotatable bonds is 7. The number of nitrogens with zero attached hydrogens (tertiary/aromatic N) is 2. The Hall–Kier alpha value is -2.85. The number of benzene rings is 2. The summed E-state index contributed by atoms with van der Waals surface area (Å²) in [4.78, 5) is 25.3. The van der Waals surface area contributed by atoms with Gasteiger partial charge in [0.25, 0.3) is 5.91 Å². The van der Waals surface area contributed by atoms with Gasteiger partial charge in [-0.05, 0) is 48.7 Å². The van der Waals surface area contributed by atoms with E-state index in [1.807, 2.05) is 0 Å². The molecule has 10 heteroatoms. The highest BCUT2D eigenvalue weighted by molar-refractivity contribution is 7.89. The van der Waals surface area contributed by atoms with Crippen molar-refractivity contribution >= 4 is 21.9 Å². The molecule has 0 aromatic heterocycles. The molecule has 2 aromatic rings. The lowest BCUT2D eigenvalue weighted by Gasteiger charge is -2.26. The summed E-state index contributed by atoms with van der Waals surface area (Å²) < 4.78 is 59.0. The molecule has 1 amide bonds. The minimum atomic E-state index is -4.08. The zero-order valence-electron chi connectivity index (χ0n) is 17.6. The number of hydrogen-bond donors (Lipinski definition) is 0. The van der Waals surface area contributed by atoms with Gasteiger partial charge < -0.3 is 9.64 Å². The fourth-order valence-corrected chi connectivity index (χ4v) is 4.95. The summed E-state index contributed by atoms with van der Waals surface area (Å²) in [6.07, 6.45) is 2.29. The molecule has 2 aromatic carbocycles. The van der Waals surface area contributed by atoms with Crippen LogP contribution in [0.1, 0.15) is 35.2 Å². The Balaban J connectivity index is 1.64. The van der Waals surface area contributed by atoms with E-state index in [0.717, 1.165) is 24.6 Å². The number of amides is 1. The van der Waals surface area contributed by atoms with E-state index in [2.05, 4.69) is 0 Å². The average molecular weight is 467 g/mol. The largest absolute Gasteiger partial charge is 0.452 e. The van der Waals surface area contributed by atoms with E-state index in [9.17, 15) is 26.8 Å². The summed E-state index contributed by atoms with van der Waals surface area (Å²) in [5, 5.41) is 0. The quantitative estimate of drug-likeness (QED) is 0.586. The van der Waals surface area contributed by atoms with E-state index < -0.39 is 45.0 Å². The van der Waals surface area contributed by atoms with Gasteiger partial charge in [-0.2, -0.15) is 4.31 Å². The van der Waals surface area contributed by atoms with E-state index in [1.54, 1.807) is 0 Å². The molecule has 1 heterocycles. The standard InChI is InChI=1S/C22H24F2N2O5S/c1-25(14-16-5-8-18(23)9-6-16)21(27)15-31-22(28)17-7-10-19(24)20(13-17)32(29,30)26-11-3-2-4-12-26/h5-10,13H,2-4,11-12,14-15H2,1H3. The number of likely N-dealkylation sites (N-methyl/N-ethyl adjacent to an activating group) is 1. The zero-order chi connectivity index (χ0) is 23.3. The van der Waals surface area contributed by atoms with Gasteiger partial charge in [0.15, 0.2) is 6.61 Å². The van der Waals surface area contributed by atoms with Crippen molar-refractivity contribution < 1.29 is 31.5 Å². The summed E-state index contributed by atoms with van der Waals surface area (Å²) in [6.45, 7) is 0.199. The molecule has 0 bridgehead atoms. The molecule has 0 N–H and O–H groups in total. The van der Waals surface area contributed by atoms with Gasteiger partial charge in [0, 0.05) is 26.7 Å². The number of ether oxygens (including phenoxy) is 1. The molecule has 32 heavy (non-hydrogen) atoms. The van der Waals surface area contributed by atoms with Gasteiger partial charge in [0.1, 0.15) is 16.5 Å². The lowest BCUT2D eigenvalue weighted by atomic mass is 10.2. The minimum absolute atomic E-state index is 0.170. The Bertz CT molecular complexity index is 1080. The van der Waals surface area contributed by atoms with E-state index >= 15 is 0 Å². The zero-order valence-corrected chi connectivity index (χ0v) is 18.4. The topological polar surface area (TPSA) is 84.0 Å². The van der Waals surface area contributed by atoms with Crippen molar-refractivity contribution in [3.63, 3.8) is 0 Å². The average Bonchev–Trinajstić information content (AvgIpc) is 2.79. The summed E-state index contributed by atoms with van der Waals surface area (Å²) in [5.74, 6) is -2.80. The fraction of sp³-hybridized carbons (Fsp3) is 0.364. The lowest BCUT2D eigenvalue weighted by molar-refractivity contribution is -0.133. The highest BCUT2D eigenvalue weighted by Gasteiger charge is 2.29. The van der Waals surface area contributed by atoms with Crippen LogP contribution in [0.4, 0.5) is 8.78 Å². The van der Waals surface area contributed by atoms with Crippen molar-refractivity contribution in [1.29, 1.82) is 0 Å². The van der Waals surface area contributed by atoms with Gasteiger partial charge in [-0.3, -0.25) is 4.79 Å². The molecular weight excluding hydrogens is 442 g/mol. The van der Waals surface area contributed by atoms with Crippen molar-refractivity contribution in [1.82, 2.24) is 9.21 Å². The molecule has 1 aliphatic heterocycles. The maximum absolute atomic E-state index is 14.3. The van der Waals surface area contributed by atoms with E-state index in [1.165, 1.54) is 40.5 Å². The van der Waals surface area contributed by atoms with E-state index in [0.29, 0.717) is 31.5 Å². The monoisotopic (exact) mass is 466 g/mol. The van der Waals surface area contributed by atoms with Crippen molar-refractivity contribution in [3.8, 4) is 0 Å². The van der Waals surface area contributed by atoms with Crippen molar-refractivity contribution in [3.05, 3.63) is 65.2 Å². The summed E-state index contributed by atoms with van der Waals surface area (Å²) >= 11 is 0. The third-order valence-corrected chi connectivity index (χ3v) is 7.10. The molecule has 0 spiro atoms. The highest BCUT2D eigenvalue weighted by Crippen LogP contribution is 2.24. The number of halogens is 2. The van der Waals surface area contributed by atoms with Crippen LogP contribution < -0.4 is 0 Å². The maximum Gasteiger partial charge on any atom is 0.338 e. The number of sulfonamides is 1. The minimum Gasteiger partial charge on any atom is -0.452 e. The molecule has 0 aliphatic carbocycles. The molecule has 3 rings (SSSR count). The third-order valence-electron chi connectivity index (χ3n) is 5.19. The third kappa shape index (κ3) is 5.68. The van der Waals surface area contributed by atoms with Gasteiger partial charge in [0.2, 0.25) is 10.0 Å². The molecule has 0 atom stereocenters. The van der Waals surface area contributed by atoms with Crippen LogP contribution in [0, 0.1) is 11.6 Å². The summed E-state index contributed by atoms with van der Waals surface area (Å²) in [6, 6.07) is 8.57. The van der Waals surface area contributed by atoms with E-state index in [4.69, 9.17) is 4.74 Å². The van der Waals surface area contributed by atoms with Gasteiger partial charge in [-0.25, -0.2) is 22.0 Å². The fourth-order valence-electron chi connectivity index (χ4n) is 3.35. The first-order valence-electron chi connectivity index (χ1n) is 10.1. The van der Waals surface area contributed by atoms with Gasteiger partial charge in [-0.1, -0.05) is 18.6 Å². The molecule has 1 fully saturated rings. The van der Waals surface area contributed by atoms with Crippen LogP contribution in [0.25, 0.3) is 0 Å². The van der Waals surface area contributed by atoms with Crippen molar-refractivity contribution in [2.75, 3.05) is 26.7 Å². The first-order valence-corrected chi connectivity index (χ1v) is 11.6. The number of esters is 1. The van der Waals surface area contributed by atoms with Crippen LogP contribution in [-0.4, -0.2) is 56.2 Å². The number of piperidine rings is 1. The van der Waals surface area contributed by atoms with Gasteiger partial charge >= 0.3 is 5.97 Å². The Labute approximate surface area is 185 Å². The first-order chi connectivity index (χ1) is 15.2. The molecule has 1 saturated heterocycles. The molecule has 7 nitrogen and oxygen atoms in total. The molecule has 0 radical (unpaired) electrons. The molecule has 172 valence electrons. The predicted molar refractivity (Wildman–Crippen MR) is 112 cm³/mol. The van der Waals surface area contributed by atoms with Gasteiger partial charge in [0.05, 0.1) is 5.56 Å². The van der Waals surface area contributed by atoms with Crippen molar-refractivity contribution in [2.45, 2.75) is 30.7 Å². The normalized spacial score (nSPS) is 14.7. The second kappa shape index (κ2) is 10.2. The Morgan fingerprint density at radius 3 is 2.34 bits per heavy atom. The highest BCUT2D eigenvalue weighted by atomic mass is 32.2. The van der Waals surface area contributed by atoms with Crippen LogP contribution in [0.2, 0.25) is 0 Å². The van der Waals surface area contributed by atoms with Crippen LogP contribution in [-0.2, 0) is 26.1 Å².